The summed E-state index contributed by atoms with van der Waals surface area (Å²) in [5, 5.41) is 19.8. The predicted molar refractivity (Wildman–Crippen MR) is 176 cm³/mol. The maximum absolute atomic E-state index is 13.5. The lowest BCUT2D eigenvalue weighted by Gasteiger charge is -2.16. The third-order valence-corrected chi connectivity index (χ3v) is 8.22. The number of nitrogens with two attached hydrogens (primary N) is 4. The van der Waals surface area contributed by atoms with Crippen molar-refractivity contribution in [3.8, 4) is 0 Å². The molecule has 0 bridgehead atoms. The van der Waals surface area contributed by atoms with E-state index in [0.717, 1.165) is 18.2 Å². The van der Waals surface area contributed by atoms with Crippen LogP contribution in [0.25, 0.3) is 6.08 Å². The number of hydrogen-bond acceptors (Lipinski definition) is 15. The average molecular weight is 677 g/mol. The summed E-state index contributed by atoms with van der Waals surface area (Å²) in [6.45, 7) is 0. The van der Waals surface area contributed by atoms with Gasteiger partial charge < -0.3 is 22.9 Å². The molecule has 0 aromatic heterocycles. The van der Waals surface area contributed by atoms with Crippen LogP contribution in [-0.4, -0.2) is 37.4 Å². The van der Waals surface area contributed by atoms with Crippen LogP contribution in [0.3, 0.4) is 0 Å². The Morgan fingerprint density at radius 2 is 1.21 bits per heavy atom. The fourth-order valence-electron chi connectivity index (χ4n) is 4.22. The Morgan fingerprint density at radius 1 is 0.638 bits per heavy atom. The molecule has 0 aliphatic heterocycles. The lowest BCUT2D eigenvalue weighted by atomic mass is 9.94. The van der Waals surface area contributed by atoms with Gasteiger partial charge in [-0.2, -0.15) is 27.1 Å². The molecule has 240 valence electrons. The maximum atomic E-state index is 13.5. The van der Waals surface area contributed by atoms with Gasteiger partial charge in [-0.25, -0.2) is 0 Å². The number of ketones is 1. The van der Waals surface area contributed by atoms with Crippen LogP contribution >= 0.6 is 0 Å². The highest BCUT2D eigenvalue weighted by Gasteiger charge is 2.33. The summed E-state index contributed by atoms with van der Waals surface area (Å²) in [4.78, 5) is 12.0. The van der Waals surface area contributed by atoms with E-state index < -0.39 is 41.5 Å². The van der Waals surface area contributed by atoms with Gasteiger partial charge in [-0.1, -0.05) is 6.07 Å². The molecule has 19 heteroatoms. The van der Waals surface area contributed by atoms with Crippen molar-refractivity contribution >= 4 is 89.0 Å². The van der Waals surface area contributed by atoms with Crippen molar-refractivity contribution in [3.63, 3.8) is 0 Å². The van der Waals surface area contributed by atoms with Gasteiger partial charge in [0.15, 0.2) is 5.71 Å². The zero-order valence-corrected chi connectivity index (χ0v) is 25.4. The summed E-state index contributed by atoms with van der Waals surface area (Å²) in [6.07, 6.45) is 1.03. The average Bonchev–Trinajstić information content (AvgIpc) is 2.99. The number of azo groups is 2. The van der Waals surface area contributed by atoms with Crippen LogP contribution < -0.4 is 28.4 Å². The fraction of sp³-hybridized carbons (Fsp3) is 0. The lowest BCUT2D eigenvalue weighted by Crippen LogP contribution is -2.27. The summed E-state index contributed by atoms with van der Waals surface area (Å²) >= 11 is 0. The van der Waals surface area contributed by atoms with Crippen molar-refractivity contribution in [2.75, 3.05) is 28.4 Å². The molecule has 4 aromatic rings. The van der Waals surface area contributed by atoms with Gasteiger partial charge >= 0.3 is 0 Å². The van der Waals surface area contributed by atoms with E-state index in [0.29, 0.717) is 17.1 Å². The Hall–Kier alpha value is -6.02. The first-order valence-electron chi connectivity index (χ1n) is 13.1. The number of hydrogen-bond donors (Lipinski definition) is 7. The number of rotatable bonds is 8. The number of fused-ring (bicyclic) bond motifs is 1. The van der Waals surface area contributed by atoms with Crippen molar-refractivity contribution in [2.45, 2.75) is 4.90 Å². The van der Waals surface area contributed by atoms with Crippen LogP contribution in [0.2, 0.25) is 0 Å². The van der Waals surface area contributed by atoms with E-state index >= 15 is 0 Å². The minimum absolute atomic E-state index is 0.0315. The number of anilines is 5. The van der Waals surface area contributed by atoms with Gasteiger partial charge in [-0.15, -0.1) is 15.3 Å². The fourth-order valence-corrected chi connectivity index (χ4v) is 5.53. The van der Waals surface area contributed by atoms with Crippen LogP contribution in [0.1, 0.15) is 15.9 Å². The standard InChI is InChI=1S/C28H24N10O7S2/c29-15-2-6-22(20(31)10-15)35-33-17-4-1-14-9-26(47(43,44)45)27(28(39)19(14)12-17)38-34-18-5-8-24(25(13-18)46(40,41)42)37-36-23-7-3-16(30)11-21(23)32/h1-13,34H,29-32H2,(H,40,41,42)(H,43,44,45)/b35-33?,37-36?,38-27+. The zero-order chi connectivity index (χ0) is 34.1. The van der Waals surface area contributed by atoms with Crippen molar-refractivity contribution in [3.05, 3.63) is 88.8 Å². The number of Topliss-reactive ketones (excluding diaryl/α,β-unsaturated/α-hetero) is 1. The molecule has 1 aliphatic carbocycles. The monoisotopic (exact) mass is 676 g/mol. The van der Waals surface area contributed by atoms with Crippen LogP contribution in [0.5, 0.6) is 0 Å². The van der Waals surface area contributed by atoms with E-state index in [4.69, 9.17) is 22.9 Å². The Kier molecular flexibility index (Phi) is 8.54. The summed E-state index contributed by atoms with van der Waals surface area (Å²) in [6, 6.07) is 16.5. The minimum atomic E-state index is -4.98. The smallest absolute Gasteiger partial charge is 0.296 e. The summed E-state index contributed by atoms with van der Waals surface area (Å²) in [7, 11) is -9.86. The Bertz CT molecular complexity index is 2300. The molecule has 47 heavy (non-hydrogen) atoms. The molecule has 4 aromatic carbocycles. The largest absolute Gasteiger partial charge is 0.399 e. The van der Waals surface area contributed by atoms with Crippen LogP contribution in [0, 0.1) is 0 Å². The van der Waals surface area contributed by atoms with Crippen LogP contribution in [-0.2, 0) is 20.2 Å². The molecule has 0 unspecified atom stereocenters. The second kappa shape index (κ2) is 12.4. The molecule has 0 heterocycles. The third-order valence-electron chi connectivity index (χ3n) is 6.47. The topological polar surface area (TPSA) is 304 Å². The molecule has 17 nitrogen and oxygen atoms in total. The second-order valence-electron chi connectivity index (χ2n) is 9.85. The highest BCUT2D eigenvalue weighted by Crippen LogP contribution is 2.33. The van der Waals surface area contributed by atoms with Gasteiger partial charge in [-0.05, 0) is 78.4 Å². The molecule has 5 rings (SSSR count). The van der Waals surface area contributed by atoms with E-state index in [2.05, 4.69) is 31.0 Å². The Morgan fingerprint density at radius 3 is 1.79 bits per heavy atom. The SMILES string of the molecule is Nc1ccc(N=Nc2ccc3c(c2)C(=O)/C(=N/Nc2ccc(N=Nc4ccc(N)cc4N)c(S(=O)(=O)O)c2)C(S(=O)(=O)O)=C3)c(N)c1. The molecule has 11 N–H and O–H groups in total. The summed E-state index contributed by atoms with van der Waals surface area (Å²) in [5.74, 6) is -0.923. The normalized spacial score (nSPS) is 14.5. The predicted octanol–water partition coefficient (Wildman–Crippen LogP) is 4.99. The quantitative estimate of drug-likeness (QED) is 0.0562. The number of benzene rings is 4. The highest BCUT2D eigenvalue weighted by atomic mass is 32.2. The van der Waals surface area contributed by atoms with Gasteiger partial charge in [0.1, 0.15) is 26.9 Å². The van der Waals surface area contributed by atoms with Crippen LogP contribution in [0.4, 0.5) is 51.2 Å². The Balaban J connectivity index is 1.48. The number of carbonyl (C=O) groups excluding carboxylic acids is 1. The van der Waals surface area contributed by atoms with Gasteiger partial charge in [-0.3, -0.25) is 19.3 Å². The van der Waals surface area contributed by atoms with Crippen molar-refractivity contribution in [2.24, 2.45) is 25.6 Å². The molecular formula is C28H24N10O7S2. The number of allylic oxidation sites excluding steroid dienone is 1. The van der Waals surface area contributed by atoms with Gasteiger partial charge in [0, 0.05) is 16.9 Å². The molecule has 0 spiro atoms. The second-order valence-corrected chi connectivity index (χ2v) is 12.6. The van der Waals surface area contributed by atoms with E-state index in [1.165, 1.54) is 48.5 Å². The number of nitrogens with one attached hydrogen (secondary N) is 1. The first kappa shape index (κ1) is 32.4. The molecule has 0 saturated carbocycles. The molecule has 0 fully saturated rings. The van der Waals surface area contributed by atoms with E-state index in [1.807, 2.05) is 0 Å². The van der Waals surface area contributed by atoms with Crippen molar-refractivity contribution < 1.29 is 30.7 Å². The molecule has 0 amide bonds. The first-order valence-corrected chi connectivity index (χ1v) is 16.0. The summed E-state index contributed by atoms with van der Waals surface area (Å²) in [5.41, 5.74) is 26.4. The number of carbonyl (C=O) groups is 1. The molecule has 0 radical (unpaired) electrons. The minimum Gasteiger partial charge on any atom is -0.399 e. The lowest BCUT2D eigenvalue weighted by molar-refractivity contribution is 0.106. The highest BCUT2D eigenvalue weighted by molar-refractivity contribution is 7.91. The molecule has 1 aliphatic rings. The third kappa shape index (κ3) is 7.28. The molecular weight excluding hydrogens is 653 g/mol. The van der Waals surface area contributed by atoms with Gasteiger partial charge in [0.05, 0.1) is 22.7 Å². The van der Waals surface area contributed by atoms with Gasteiger partial charge in [0.2, 0.25) is 5.78 Å². The van der Waals surface area contributed by atoms with E-state index in [9.17, 15) is 30.7 Å². The maximum Gasteiger partial charge on any atom is 0.296 e. The number of nitrogens with zero attached hydrogens (tertiary/aromatic N) is 5. The first-order chi connectivity index (χ1) is 22.1. The Labute approximate surface area is 266 Å². The zero-order valence-electron chi connectivity index (χ0n) is 23.8. The number of nitrogen functional groups attached to an aromatic ring is 4. The van der Waals surface area contributed by atoms with Crippen molar-refractivity contribution in [1.82, 2.24) is 0 Å². The van der Waals surface area contributed by atoms with Crippen molar-refractivity contribution in [1.29, 1.82) is 0 Å². The van der Waals surface area contributed by atoms with E-state index in [1.54, 1.807) is 12.1 Å². The van der Waals surface area contributed by atoms with Crippen LogP contribution in [0.15, 0.2) is 108 Å². The summed E-state index contributed by atoms with van der Waals surface area (Å²) < 4.78 is 68.5. The van der Waals surface area contributed by atoms with E-state index in [-0.39, 0.29) is 45.3 Å². The molecule has 0 atom stereocenters. The van der Waals surface area contributed by atoms with Gasteiger partial charge in [0.25, 0.3) is 20.2 Å². The molecule has 0 saturated heterocycles. The number of hydrazone groups is 1.